The highest BCUT2D eigenvalue weighted by atomic mass is 16.5. The molecular weight excluding hydrogens is 386 g/mol. The number of nitrogens with one attached hydrogen (secondary N) is 1. The minimum absolute atomic E-state index is 0.109. The number of hydrogen-bond acceptors (Lipinski definition) is 6. The van der Waals surface area contributed by atoms with Gasteiger partial charge < -0.3 is 25.0 Å². The van der Waals surface area contributed by atoms with Gasteiger partial charge in [-0.05, 0) is 37.1 Å². The third-order valence-electron chi connectivity index (χ3n) is 5.45. The first-order chi connectivity index (χ1) is 14.1. The van der Waals surface area contributed by atoms with Gasteiger partial charge in [0, 0.05) is 18.3 Å². The van der Waals surface area contributed by atoms with Crippen LogP contribution in [0.15, 0.2) is 30.5 Å². The molecule has 2 aliphatic heterocycles. The fraction of sp³-hybridized carbons (Fsp3) is 0.565. The van der Waals surface area contributed by atoms with E-state index in [9.17, 15) is 19.8 Å². The number of aromatic hydroxyl groups is 1. The van der Waals surface area contributed by atoms with E-state index in [2.05, 4.69) is 5.32 Å². The molecule has 4 atom stereocenters. The van der Waals surface area contributed by atoms with Crippen molar-refractivity contribution < 1.29 is 29.3 Å². The van der Waals surface area contributed by atoms with E-state index in [1.165, 1.54) is 6.07 Å². The number of esters is 1. The summed E-state index contributed by atoms with van der Waals surface area (Å²) in [5, 5.41) is 23.3. The van der Waals surface area contributed by atoms with E-state index in [1.54, 1.807) is 24.4 Å². The van der Waals surface area contributed by atoms with Gasteiger partial charge in [0.05, 0.1) is 18.3 Å². The maximum absolute atomic E-state index is 12.8. The van der Waals surface area contributed by atoms with Crippen molar-refractivity contribution in [2.24, 2.45) is 5.41 Å². The Morgan fingerprint density at radius 3 is 2.70 bits per heavy atom. The molecule has 7 heteroatoms. The zero-order valence-electron chi connectivity index (χ0n) is 17.8. The quantitative estimate of drug-likeness (QED) is 0.653. The number of rotatable bonds is 3. The molecule has 1 aromatic rings. The SMILES string of the molecule is CC(C)(C)C(=O)N/C=C/CC1C[C@H]2C[C@H](O)C[C@H](Cc3cccc(O)c3C(=O)O1)O2. The van der Waals surface area contributed by atoms with Crippen LogP contribution in [0.4, 0.5) is 0 Å². The van der Waals surface area contributed by atoms with Crippen LogP contribution >= 0.6 is 0 Å². The molecule has 2 aliphatic rings. The first-order valence-corrected chi connectivity index (χ1v) is 10.4. The van der Waals surface area contributed by atoms with Crippen molar-refractivity contribution in [2.45, 2.75) is 77.3 Å². The minimum Gasteiger partial charge on any atom is -0.507 e. The van der Waals surface area contributed by atoms with Crippen molar-refractivity contribution in [2.75, 3.05) is 0 Å². The highest BCUT2D eigenvalue weighted by Crippen LogP contribution is 2.32. The van der Waals surface area contributed by atoms with Crippen LogP contribution in [0.5, 0.6) is 5.75 Å². The summed E-state index contributed by atoms with van der Waals surface area (Å²) in [6.45, 7) is 5.47. The summed E-state index contributed by atoms with van der Waals surface area (Å²) in [4.78, 5) is 24.8. The summed E-state index contributed by atoms with van der Waals surface area (Å²) in [5.74, 6) is -0.805. The summed E-state index contributed by atoms with van der Waals surface area (Å²) in [7, 11) is 0. The Bertz CT molecular complexity index is 812. The number of benzene rings is 1. The fourth-order valence-corrected chi connectivity index (χ4v) is 3.87. The average molecular weight is 418 g/mol. The number of aliphatic hydroxyl groups is 1. The fourth-order valence-electron chi connectivity index (χ4n) is 3.87. The second kappa shape index (κ2) is 9.18. The van der Waals surface area contributed by atoms with E-state index >= 15 is 0 Å². The number of carbonyl (C=O) groups excluding carboxylic acids is 2. The average Bonchev–Trinajstić information content (AvgIpc) is 2.63. The minimum atomic E-state index is -0.569. The van der Waals surface area contributed by atoms with E-state index in [-0.39, 0.29) is 29.4 Å². The highest BCUT2D eigenvalue weighted by Gasteiger charge is 2.34. The predicted octanol–water partition coefficient (Wildman–Crippen LogP) is 2.84. The van der Waals surface area contributed by atoms with Crippen LogP contribution in [0.1, 0.15) is 62.4 Å². The van der Waals surface area contributed by atoms with Crippen molar-refractivity contribution in [3.8, 4) is 5.75 Å². The molecule has 1 aromatic carbocycles. The second-order valence-electron chi connectivity index (χ2n) is 9.15. The van der Waals surface area contributed by atoms with Gasteiger partial charge >= 0.3 is 5.97 Å². The first-order valence-electron chi connectivity index (χ1n) is 10.4. The van der Waals surface area contributed by atoms with Crippen LogP contribution in [0.25, 0.3) is 0 Å². The number of ether oxygens (including phenoxy) is 2. The van der Waals surface area contributed by atoms with Crippen LogP contribution in [0, 0.1) is 5.41 Å². The van der Waals surface area contributed by atoms with E-state index in [4.69, 9.17) is 9.47 Å². The maximum atomic E-state index is 12.8. The molecule has 1 amide bonds. The van der Waals surface area contributed by atoms with Gasteiger partial charge in [-0.2, -0.15) is 0 Å². The van der Waals surface area contributed by atoms with Gasteiger partial charge in [0.15, 0.2) is 0 Å². The largest absolute Gasteiger partial charge is 0.507 e. The monoisotopic (exact) mass is 417 g/mol. The molecule has 0 saturated carbocycles. The van der Waals surface area contributed by atoms with Crippen LogP contribution in [0.3, 0.4) is 0 Å². The van der Waals surface area contributed by atoms with Crippen molar-refractivity contribution in [1.29, 1.82) is 0 Å². The van der Waals surface area contributed by atoms with Gasteiger partial charge in [-0.3, -0.25) is 4.79 Å². The predicted molar refractivity (Wildman–Crippen MR) is 111 cm³/mol. The lowest BCUT2D eigenvalue weighted by molar-refractivity contribution is -0.127. The van der Waals surface area contributed by atoms with Gasteiger partial charge in [-0.15, -0.1) is 0 Å². The lowest BCUT2D eigenvalue weighted by Crippen LogP contribution is -2.40. The molecule has 164 valence electrons. The molecular formula is C23H31NO6. The molecule has 1 unspecified atom stereocenters. The summed E-state index contributed by atoms with van der Waals surface area (Å²) >= 11 is 0. The Balaban J connectivity index is 1.78. The van der Waals surface area contributed by atoms with Crippen molar-refractivity contribution in [1.82, 2.24) is 5.32 Å². The van der Waals surface area contributed by atoms with E-state index < -0.39 is 23.6 Å². The number of aliphatic hydroxyl groups excluding tert-OH is 1. The van der Waals surface area contributed by atoms with Crippen LogP contribution < -0.4 is 5.32 Å². The molecule has 0 spiro atoms. The van der Waals surface area contributed by atoms with Gasteiger partial charge in [-0.1, -0.05) is 39.0 Å². The van der Waals surface area contributed by atoms with Gasteiger partial charge in [-0.25, -0.2) is 4.79 Å². The van der Waals surface area contributed by atoms with Crippen LogP contribution in [-0.4, -0.2) is 46.5 Å². The zero-order valence-corrected chi connectivity index (χ0v) is 17.8. The Morgan fingerprint density at radius 2 is 1.97 bits per heavy atom. The summed E-state index contributed by atoms with van der Waals surface area (Å²) < 4.78 is 11.9. The molecule has 30 heavy (non-hydrogen) atoms. The Kier molecular flexibility index (Phi) is 6.83. The highest BCUT2D eigenvalue weighted by molar-refractivity contribution is 5.94. The molecule has 1 fully saturated rings. The van der Waals surface area contributed by atoms with Crippen LogP contribution in [-0.2, 0) is 20.7 Å². The smallest absolute Gasteiger partial charge is 0.342 e. The number of cyclic esters (lactones) is 1. The third kappa shape index (κ3) is 5.61. The maximum Gasteiger partial charge on any atom is 0.342 e. The van der Waals surface area contributed by atoms with Crippen molar-refractivity contribution >= 4 is 11.9 Å². The molecule has 0 aliphatic carbocycles. The molecule has 0 radical (unpaired) electrons. The Morgan fingerprint density at radius 1 is 1.23 bits per heavy atom. The number of carbonyl (C=O) groups is 2. The number of hydrogen-bond donors (Lipinski definition) is 3. The van der Waals surface area contributed by atoms with Gasteiger partial charge in [0.2, 0.25) is 5.91 Å². The summed E-state index contributed by atoms with van der Waals surface area (Å²) in [6, 6.07) is 4.92. The molecule has 3 N–H and O–H groups in total. The molecule has 2 bridgehead atoms. The number of phenols is 1. The van der Waals surface area contributed by atoms with E-state index in [0.717, 1.165) is 0 Å². The van der Waals surface area contributed by atoms with E-state index in [0.29, 0.717) is 37.7 Å². The summed E-state index contributed by atoms with van der Waals surface area (Å²) in [5.41, 5.74) is 0.288. The molecule has 2 heterocycles. The Hall–Kier alpha value is -2.38. The number of amides is 1. The topological polar surface area (TPSA) is 105 Å². The number of fused-ring (bicyclic) bond motifs is 3. The zero-order chi connectivity index (χ0) is 21.9. The Labute approximate surface area is 177 Å². The lowest BCUT2D eigenvalue weighted by Gasteiger charge is -2.36. The molecule has 3 rings (SSSR count). The normalized spacial score (nSPS) is 27.3. The first kappa shape index (κ1) is 22.3. The third-order valence-corrected chi connectivity index (χ3v) is 5.45. The number of phenolic OH excluding ortho intramolecular Hbond substituents is 1. The van der Waals surface area contributed by atoms with E-state index in [1.807, 2.05) is 20.8 Å². The molecule has 7 nitrogen and oxygen atoms in total. The summed E-state index contributed by atoms with van der Waals surface area (Å²) in [6.07, 6.45) is 4.07. The van der Waals surface area contributed by atoms with Crippen molar-refractivity contribution in [3.05, 3.63) is 41.6 Å². The molecule has 1 saturated heterocycles. The standard InChI is InChI=1S/C23H31NO6/c1-23(2,3)22(28)24-9-5-7-16-13-18-12-15(25)11-17(29-18)10-14-6-4-8-19(26)20(14)21(27)30-16/h4-6,8-9,15-18,25-26H,7,10-13H2,1-3H3,(H,24,28)/b9-5+/t15-,16?,17+,18-/m1/s1. The van der Waals surface area contributed by atoms with Crippen LogP contribution in [0.2, 0.25) is 0 Å². The van der Waals surface area contributed by atoms with Gasteiger partial charge in [0.25, 0.3) is 0 Å². The lowest BCUT2D eigenvalue weighted by atomic mass is 9.91. The second-order valence-corrected chi connectivity index (χ2v) is 9.15. The molecule has 0 aromatic heterocycles. The van der Waals surface area contributed by atoms with Crippen molar-refractivity contribution in [3.63, 3.8) is 0 Å². The van der Waals surface area contributed by atoms with Gasteiger partial charge in [0.1, 0.15) is 17.4 Å².